The molecule has 3 rings (SSSR count). The van der Waals surface area contributed by atoms with Crippen LogP contribution < -0.4 is 5.32 Å². The van der Waals surface area contributed by atoms with Crippen molar-refractivity contribution < 1.29 is 23.6 Å². The Morgan fingerprint density at radius 1 is 1.43 bits per heavy atom. The monoisotopic (exact) mass is 439 g/mol. The smallest absolute Gasteiger partial charge is 0.413 e. The van der Waals surface area contributed by atoms with Crippen LogP contribution in [-0.4, -0.2) is 40.8 Å². The number of carbonyl (C=O) groups excluding carboxylic acids is 1. The lowest BCUT2D eigenvalue weighted by atomic mass is 9.68. The Hall–Kier alpha value is -2.20. The van der Waals surface area contributed by atoms with Crippen LogP contribution in [-0.2, 0) is 15.0 Å². The van der Waals surface area contributed by atoms with Gasteiger partial charge in [0.15, 0.2) is 5.17 Å². The number of carbonyl (C=O) groups is 1. The van der Waals surface area contributed by atoms with Crippen LogP contribution in [0.3, 0.4) is 0 Å². The molecule has 1 fully saturated rings. The van der Waals surface area contributed by atoms with Crippen molar-refractivity contribution in [3.63, 3.8) is 0 Å². The minimum absolute atomic E-state index is 0.0149. The number of nitro benzene ring substituents is 1. The van der Waals surface area contributed by atoms with E-state index in [2.05, 4.69) is 5.32 Å². The lowest BCUT2D eigenvalue weighted by Crippen LogP contribution is -2.48. The van der Waals surface area contributed by atoms with Crippen molar-refractivity contribution >= 4 is 28.7 Å². The van der Waals surface area contributed by atoms with Crippen LogP contribution in [0, 0.1) is 21.8 Å². The third-order valence-corrected chi connectivity index (χ3v) is 6.40. The van der Waals surface area contributed by atoms with Crippen LogP contribution in [0.25, 0.3) is 0 Å². The number of hydrogen-bond donors (Lipinski definition) is 1. The van der Waals surface area contributed by atoms with Crippen molar-refractivity contribution in [2.45, 2.75) is 57.3 Å². The van der Waals surface area contributed by atoms with Crippen molar-refractivity contribution in [2.24, 2.45) is 10.9 Å². The van der Waals surface area contributed by atoms with E-state index in [4.69, 9.17) is 14.5 Å². The molecule has 1 heterocycles. The summed E-state index contributed by atoms with van der Waals surface area (Å²) in [7, 11) is 1.64. The largest absolute Gasteiger partial charge is 0.444 e. The number of alkyl carbamates (subject to hydrolysis) is 1. The van der Waals surface area contributed by atoms with Gasteiger partial charge in [-0.1, -0.05) is 11.8 Å². The van der Waals surface area contributed by atoms with Gasteiger partial charge in [0.05, 0.1) is 16.6 Å². The maximum Gasteiger partial charge on any atom is 0.413 e. The predicted octanol–water partition coefficient (Wildman–Crippen LogP) is 4.37. The summed E-state index contributed by atoms with van der Waals surface area (Å²) in [5.41, 5.74) is -1.70. The summed E-state index contributed by atoms with van der Waals surface area (Å²) in [5, 5.41) is 14.3. The van der Waals surface area contributed by atoms with Crippen LogP contribution in [0.15, 0.2) is 23.2 Å². The molecule has 0 saturated heterocycles. The third kappa shape index (κ3) is 4.75. The highest BCUT2D eigenvalue weighted by Gasteiger charge is 2.49. The highest BCUT2D eigenvalue weighted by molar-refractivity contribution is 8.13. The van der Waals surface area contributed by atoms with Gasteiger partial charge >= 0.3 is 6.09 Å². The average Bonchev–Trinajstić information content (AvgIpc) is 2.66. The number of nitrogens with one attached hydrogen (secondary N) is 1. The Labute approximate surface area is 178 Å². The molecule has 1 amide bonds. The highest BCUT2D eigenvalue weighted by atomic mass is 32.2. The number of nitrogens with zero attached hydrogens (tertiary/aromatic N) is 2. The van der Waals surface area contributed by atoms with Crippen molar-refractivity contribution in [1.82, 2.24) is 5.32 Å². The number of fused-ring (bicyclic) bond motifs is 1. The minimum Gasteiger partial charge on any atom is -0.444 e. The minimum atomic E-state index is -1.01. The molecular weight excluding hydrogens is 413 g/mol. The van der Waals surface area contributed by atoms with E-state index in [1.54, 1.807) is 27.9 Å². The third-order valence-electron chi connectivity index (χ3n) is 5.36. The molecule has 1 N–H and O–H groups in total. The summed E-state index contributed by atoms with van der Waals surface area (Å²) < 4.78 is 25.7. The lowest BCUT2D eigenvalue weighted by Gasteiger charge is -2.46. The van der Waals surface area contributed by atoms with Crippen molar-refractivity contribution in [1.29, 1.82) is 0 Å². The van der Waals surface area contributed by atoms with Crippen LogP contribution in [0.4, 0.5) is 14.9 Å². The molecular formula is C20H26FN3O5S. The molecule has 1 saturated carbocycles. The van der Waals surface area contributed by atoms with E-state index in [1.165, 1.54) is 17.8 Å². The van der Waals surface area contributed by atoms with Gasteiger partial charge in [-0.15, -0.1) is 0 Å². The van der Waals surface area contributed by atoms with Gasteiger partial charge in [-0.2, -0.15) is 0 Å². The van der Waals surface area contributed by atoms with Crippen molar-refractivity contribution in [3.05, 3.63) is 39.7 Å². The normalized spacial score (nSPS) is 26.4. The summed E-state index contributed by atoms with van der Waals surface area (Å²) in [4.78, 5) is 27.7. The Morgan fingerprint density at radius 3 is 2.80 bits per heavy atom. The molecule has 10 heteroatoms. The topological polar surface area (TPSA) is 103 Å². The van der Waals surface area contributed by atoms with E-state index < -0.39 is 28.0 Å². The maximum atomic E-state index is 14.9. The van der Waals surface area contributed by atoms with Crippen LogP contribution in [0.1, 0.15) is 45.6 Å². The number of halogens is 1. The van der Waals surface area contributed by atoms with Crippen molar-refractivity contribution in [2.75, 3.05) is 12.9 Å². The van der Waals surface area contributed by atoms with Crippen LogP contribution >= 0.6 is 11.8 Å². The molecule has 1 aliphatic carbocycles. The quantitative estimate of drug-likeness (QED) is 0.554. The van der Waals surface area contributed by atoms with Gasteiger partial charge in [-0.3, -0.25) is 20.4 Å². The molecule has 1 aliphatic heterocycles. The van der Waals surface area contributed by atoms with E-state index in [-0.39, 0.29) is 23.3 Å². The molecule has 3 atom stereocenters. The molecule has 3 unspecified atom stereocenters. The first kappa shape index (κ1) is 22.5. The zero-order valence-corrected chi connectivity index (χ0v) is 18.3. The van der Waals surface area contributed by atoms with Gasteiger partial charge in [0.2, 0.25) is 0 Å². The molecule has 164 valence electrons. The summed E-state index contributed by atoms with van der Waals surface area (Å²) >= 11 is 1.35. The molecule has 30 heavy (non-hydrogen) atoms. The zero-order valence-electron chi connectivity index (χ0n) is 17.4. The Kier molecular flexibility index (Phi) is 6.37. The summed E-state index contributed by atoms with van der Waals surface area (Å²) in [5.74, 6) is -0.0768. The Bertz CT molecular complexity index is 872. The van der Waals surface area contributed by atoms with E-state index in [9.17, 15) is 19.3 Å². The molecule has 2 aliphatic rings. The Balaban J connectivity index is 2.02. The summed E-state index contributed by atoms with van der Waals surface area (Å²) in [6.45, 7) is 5.26. The molecule has 0 bridgehead atoms. The number of nitro groups is 1. The fraction of sp³-hybridized carbons (Fsp3) is 0.600. The standard InChI is InChI=1S/C20H26FN3O5S/c1-19(2,3)29-18(25)22-17-23-20(8-7-14(28-4)9-12(20)11-30-17)15-10-13(24(26)27)5-6-16(15)21/h5-6,10,12,14H,7-9,11H2,1-4H3,(H,22,23,25). The molecule has 8 nitrogen and oxygen atoms in total. The van der Waals surface area contributed by atoms with Crippen LogP contribution in [0.2, 0.25) is 0 Å². The number of ether oxygens (including phenoxy) is 2. The first-order chi connectivity index (χ1) is 14.0. The summed E-state index contributed by atoms with van der Waals surface area (Å²) in [6.07, 6.45) is 1.10. The number of thioether (sulfide) groups is 1. The lowest BCUT2D eigenvalue weighted by molar-refractivity contribution is -0.385. The first-order valence-electron chi connectivity index (χ1n) is 9.74. The molecule has 0 aromatic heterocycles. The number of amides is 1. The number of non-ortho nitro benzene ring substituents is 1. The number of methoxy groups -OCH3 is 1. The second kappa shape index (κ2) is 8.50. The van der Waals surface area contributed by atoms with Crippen molar-refractivity contribution in [3.8, 4) is 0 Å². The van der Waals surface area contributed by atoms with E-state index >= 15 is 0 Å². The average molecular weight is 440 g/mol. The fourth-order valence-corrected chi connectivity index (χ4v) is 5.16. The van der Waals surface area contributed by atoms with Crippen LogP contribution in [0.5, 0.6) is 0 Å². The summed E-state index contributed by atoms with van der Waals surface area (Å²) in [6, 6.07) is 3.52. The van der Waals surface area contributed by atoms with Gasteiger partial charge in [0.25, 0.3) is 5.69 Å². The zero-order chi connectivity index (χ0) is 22.1. The molecule has 0 radical (unpaired) electrons. The highest BCUT2D eigenvalue weighted by Crippen LogP contribution is 2.50. The molecule has 1 aromatic rings. The van der Waals surface area contributed by atoms with Gasteiger partial charge < -0.3 is 9.47 Å². The second-order valence-corrected chi connectivity index (χ2v) is 9.54. The van der Waals surface area contributed by atoms with Gasteiger partial charge in [0, 0.05) is 36.5 Å². The number of hydrogen-bond acceptors (Lipinski definition) is 7. The maximum absolute atomic E-state index is 14.9. The first-order valence-corrected chi connectivity index (χ1v) is 10.7. The molecule has 0 spiro atoms. The van der Waals surface area contributed by atoms with Gasteiger partial charge in [-0.25, -0.2) is 9.18 Å². The van der Waals surface area contributed by atoms with E-state index in [0.29, 0.717) is 30.2 Å². The number of benzene rings is 1. The molecule has 1 aromatic carbocycles. The fourth-order valence-electron chi connectivity index (χ4n) is 4.00. The SMILES string of the molecule is COC1CCC2(c3cc([N+](=O)[O-])ccc3F)N=C(NC(=O)OC(C)(C)C)SCC2C1. The Morgan fingerprint density at radius 2 is 2.17 bits per heavy atom. The van der Waals surface area contributed by atoms with E-state index in [0.717, 1.165) is 12.1 Å². The number of aliphatic imine (C=N–C) groups is 1. The van der Waals surface area contributed by atoms with E-state index in [1.807, 2.05) is 0 Å². The van der Waals surface area contributed by atoms with Gasteiger partial charge in [-0.05, 0) is 46.1 Å². The van der Waals surface area contributed by atoms with Gasteiger partial charge in [0.1, 0.15) is 11.4 Å². The number of rotatable bonds is 3. The second-order valence-electron chi connectivity index (χ2n) is 8.53. The predicted molar refractivity (Wildman–Crippen MR) is 112 cm³/mol. The number of amidine groups is 1.